The number of guanidine groups is 1. The molecule has 2 N–H and O–H groups in total. The number of hydrogen-bond acceptors (Lipinski definition) is 4. The van der Waals surface area contributed by atoms with Crippen molar-refractivity contribution in [2.45, 2.75) is 51.3 Å². The molecule has 0 aromatic heterocycles. The van der Waals surface area contributed by atoms with Crippen molar-refractivity contribution in [3.8, 4) is 5.75 Å². The van der Waals surface area contributed by atoms with Gasteiger partial charge in [-0.3, -0.25) is 4.99 Å². The molecule has 0 amide bonds. The van der Waals surface area contributed by atoms with E-state index in [-0.39, 0.29) is 6.10 Å². The number of likely N-dealkylation sites (N-methyl/N-ethyl adjacent to an activating group) is 1. The molecule has 0 spiro atoms. The van der Waals surface area contributed by atoms with Crippen molar-refractivity contribution in [3.63, 3.8) is 0 Å². The van der Waals surface area contributed by atoms with Gasteiger partial charge in [-0.2, -0.15) is 0 Å². The molecule has 2 fully saturated rings. The Kier molecular flexibility index (Phi) is 7.35. The van der Waals surface area contributed by atoms with Crippen LogP contribution in [0.5, 0.6) is 5.75 Å². The second kappa shape index (κ2) is 9.95. The molecule has 6 nitrogen and oxygen atoms in total. The van der Waals surface area contributed by atoms with Crippen LogP contribution in [0.25, 0.3) is 0 Å². The minimum Gasteiger partial charge on any atom is -0.491 e. The topological polar surface area (TPSA) is 58.1 Å². The largest absolute Gasteiger partial charge is 0.491 e. The summed E-state index contributed by atoms with van der Waals surface area (Å²) < 4.78 is 11.8. The monoisotopic (exact) mass is 374 g/mol. The van der Waals surface area contributed by atoms with Gasteiger partial charge < -0.3 is 25.0 Å². The minimum absolute atomic E-state index is 0.226. The van der Waals surface area contributed by atoms with Crippen LogP contribution in [0.1, 0.15) is 36.8 Å². The summed E-state index contributed by atoms with van der Waals surface area (Å²) in [5.74, 6) is 1.77. The van der Waals surface area contributed by atoms with Crippen LogP contribution in [-0.4, -0.2) is 63.4 Å². The van der Waals surface area contributed by atoms with Gasteiger partial charge in [-0.15, -0.1) is 0 Å². The van der Waals surface area contributed by atoms with E-state index in [4.69, 9.17) is 9.47 Å². The molecule has 6 heteroatoms. The molecular formula is C21H34N4O2. The van der Waals surface area contributed by atoms with Gasteiger partial charge in [-0.05, 0) is 57.8 Å². The van der Waals surface area contributed by atoms with Gasteiger partial charge in [0.05, 0.1) is 6.10 Å². The average Bonchev–Trinajstić information content (AvgIpc) is 3.33. The van der Waals surface area contributed by atoms with Crippen LogP contribution >= 0.6 is 0 Å². The summed E-state index contributed by atoms with van der Waals surface area (Å²) in [6, 6.07) is 6.95. The molecule has 2 saturated heterocycles. The second-order valence-electron chi connectivity index (χ2n) is 7.64. The zero-order valence-corrected chi connectivity index (χ0v) is 17.0. The lowest BCUT2D eigenvalue weighted by Gasteiger charge is -2.21. The first-order chi connectivity index (χ1) is 13.2. The lowest BCUT2D eigenvalue weighted by molar-refractivity contribution is 0.0676. The average molecular weight is 375 g/mol. The van der Waals surface area contributed by atoms with Crippen LogP contribution in [0, 0.1) is 6.92 Å². The number of benzene rings is 1. The lowest BCUT2D eigenvalue weighted by Crippen LogP contribution is -2.43. The van der Waals surface area contributed by atoms with Gasteiger partial charge in [0.1, 0.15) is 12.4 Å². The molecule has 2 heterocycles. The fraction of sp³-hybridized carbons (Fsp3) is 0.667. The van der Waals surface area contributed by atoms with Crippen molar-refractivity contribution in [2.75, 3.05) is 40.4 Å². The van der Waals surface area contributed by atoms with E-state index < -0.39 is 0 Å². The van der Waals surface area contributed by atoms with Gasteiger partial charge in [-0.25, -0.2) is 0 Å². The first-order valence-corrected chi connectivity index (χ1v) is 10.1. The zero-order valence-electron chi connectivity index (χ0n) is 17.0. The smallest absolute Gasteiger partial charge is 0.191 e. The number of aryl methyl sites for hydroxylation is 1. The molecule has 27 heavy (non-hydrogen) atoms. The Morgan fingerprint density at radius 1 is 1.30 bits per heavy atom. The standard InChI is InChI=1S/C21H34N4O2/c1-16-8-9-17(20(12-16)27-15-19-7-5-11-26-19)13-23-21(22-2)24-14-18-6-4-10-25(18)3/h8-9,12,18-19H,4-7,10-11,13-15H2,1-3H3,(H2,22,23,24). The van der Waals surface area contributed by atoms with Crippen LogP contribution in [-0.2, 0) is 11.3 Å². The highest BCUT2D eigenvalue weighted by Gasteiger charge is 2.21. The molecule has 0 saturated carbocycles. The summed E-state index contributed by atoms with van der Waals surface area (Å²) in [5.41, 5.74) is 2.34. The minimum atomic E-state index is 0.226. The Labute approximate surface area is 163 Å². The fourth-order valence-electron chi connectivity index (χ4n) is 3.75. The summed E-state index contributed by atoms with van der Waals surface area (Å²) >= 11 is 0. The third-order valence-electron chi connectivity index (χ3n) is 5.52. The fourth-order valence-corrected chi connectivity index (χ4v) is 3.75. The maximum absolute atomic E-state index is 6.09. The van der Waals surface area contributed by atoms with Crippen LogP contribution in [0.3, 0.4) is 0 Å². The van der Waals surface area contributed by atoms with Gasteiger partial charge in [0.25, 0.3) is 0 Å². The van der Waals surface area contributed by atoms with Gasteiger partial charge in [0.2, 0.25) is 0 Å². The van der Waals surface area contributed by atoms with Gasteiger partial charge in [-0.1, -0.05) is 12.1 Å². The van der Waals surface area contributed by atoms with Crippen LogP contribution in [0.15, 0.2) is 23.2 Å². The van der Waals surface area contributed by atoms with E-state index >= 15 is 0 Å². The van der Waals surface area contributed by atoms with Crippen molar-refractivity contribution in [1.29, 1.82) is 0 Å². The number of hydrogen-bond donors (Lipinski definition) is 2. The first kappa shape index (κ1) is 20.0. The van der Waals surface area contributed by atoms with Crippen molar-refractivity contribution in [2.24, 2.45) is 4.99 Å². The zero-order chi connectivity index (χ0) is 19.1. The Morgan fingerprint density at radius 3 is 2.89 bits per heavy atom. The van der Waals surface area contributed by atoms with Crippen molar-refractivity contribution in [3.05, 3.63) is 29.3 Å². The molecule has 2 aliphatic heterocycles. The lowest BCUT2D eigenvalue weighted by atomic mass is 10.1. The quantitative estimate of drug-likeness (QED) is 0.567. The Bertz CT molecular complexity index is 629. The highest BCUT2D eigenvalue weighted by molar-refractivity contribution is 5.79. The van der Waals surface area contributed by atoms with E-state index in [9.17, 15) is 0 Å². The molecule has 0 bridgehead atoms. The highest BCUT2D eigenvalue weighted by Crippen LogP contribution is 2.22. The number of rotatable bonds is 7. The first-order valence-electron chi connectivity index (χ1n) is 10.1. The Balaban J connectivity index is 1.52. The molecule has 0 aliphatic carbocycles. The summed E-state index contributed by atoms with van der Waals surface area (Å²) in [6.07, 6.45) is 4.98. The number of nitrogens with zero attached hydrogens (tertiary/aromatic N) is 2. The van der Waals surface area contributed by atoms with E-state index in [1.165, 1.54) is 24.9 Å². The molecule has 2 unspecified atom stereocenters. The normalized spacial score (nSPS) is 23.6. The van der Waals surface area contributed by atoms with E-state index in [0.29, 0.717) is 19.2 Å². The van der Waals surface area contributed by atoms with Crippen LogP contribution < -0.4 is 15.4 Å². The number of ether oxygens (including phenoxy) is 2. The number of nitrogens with one attached hydrogen (secondary N) is 2. The van der Waals surface area contributed by atoms with Crippen molar-refractivity contribution >= 4 is 5.96 Å². The Morgan fingerprint density at radius 2 is 2.19 bits per heavy atom. The maximum atomic E-state index is 6.09. The molecule has 2 atom stereocenters. The van der Waals surface area contributed by atoms with Crippen LogP contribution in [0.2, 0.25) is 0 Å². The van der Waals surface area contributed by atoms with E-state index in [0.717, 1.165) is 43.3 Å². The molecule has 150 valence electrons. The van der Waals surface area contributed by atoms with Gasteiger partial charge >= 0.3 is 0 Å². The SMILES string of the molecule is CN=C(NCc1ccc(C)cc1OCC1CCCO1)NCC1CCCN1C. The summed E-state index contributed by atoms with van der Waals surface area (Å²) in [7, 11) is 4.01. The van der Waals surface area contributed by atoms with E-state index in [2.05, 4.69) is 52.7 Å². The molecule has 3 rings (SSSR count). The summed E-state index contributed by atoms with van der Waals surface area (Å²) in [4.78, 5) is 6.77. The molecule has 1 aromatic carbocycles. The predicted molar refractivity (Wildman–Crippen MR) is 110 cm³/mol. The van der Waals surface area contributed by atoms with E-state index in [1.54, 1.807) is 0 Å². The summed E-state index contributed by atoms with van der Waals surface area (Å²) in [5, 5.41) is 6.88. The predicted octanol–water partition coefficient (Wildman–Crippen LogP) is 2.31. The molecule has 0 radical (unpaired) electrons. The van der Waals surface area contributed by atoms with E-state index in [1.807, 2.05) is 7.05 Å². The molecule has 1 aromatic rings. The maximum Gasteiger partial charge on any atom is 0.191 e. The molecule has 2 aliphatic rings. The van der Waals surface area contributed by atoms with Gasteiger partial charge in [0.15, 0.2) is 5.96 Å². The third kappa shape index (κ3) is 5.84. The highest BCUT2D eigenvalue weighted by atomic mass is 16.5. The van der Waals surface area contributed by atoms with Gasteiger partial charge in [0, 0.05) is 38.3 Å². The summed E-state index contributed by atoms with van der Waals surface area (Å²) in [6.45, 7) is 6.36. The van der Waals surface area contributed by atoms with Crippen LogP contribution in [0.4, 0.5) is 0 Å². The third-order valence-corrected chi connectivity index (χ3v) is 5.52. The van der Waals surface area contributed by atoms with Crippen molar-refractivity contribution < 1.29 is 9.47 Å². The number of likely N-dealkylation sites (tertiary alicyclic amines) is 1. The molecular weight excluding hydrogens is 340 g/mol. The number of aliphatic imine (C=N–C) groups is 1. The Hall–Kier alpha value is -1.79. The van der Waals surface area contributed by atoms with Crippen molar-refractivity contribution in [1.82, 2.24) is 15.5 Å². The second-order valence-corrected chi connectivity index (χ2v) is 7.64.